The number of carbonyl (C=O) groups is 2. The zero-order valence-electron chi connectivity index (χ0n) is 21.2. The second kappa shape index (κ2) is 12.5. The minimum Gasteiger partial charge on any atom is -0.495 e. The largest absolute Gasteiger partial charge is 0.495 e. The van der Waals surface area contributed by atoms with Crippen LogP contribution in [0, 0.1) is 0 Å². The van der Waals surface area contributed by atoms with Crippen LogP contribution >= 0.6 is 11.6 Å². The maximum atomic E-state index is 13.9. The first-order valence-electron chi connectivity index (χ1n) is 11.3. The van der Waals surface area contributed by atoms with Gasteiger partial charge in [-0.25, -0.2) is 13.2 Å². The van der Waals surface area contributed by atoms with Gasteiger partial charge in [0.1, 0.15) is 12.3 Å². The highest BCUT2D eigenvalue weighted by Gasteiger charge is 2.31. The number of nitrogens with one attached hydrogen (secondary N) is 1. The summed E-state index contributed by atoms with van der Waals surface area (Å²) in [4.78, 5) is 25.0. The maximum absolute atomic E-state index is 13.9. The number of sulfonamides is 1. The van der Waals surface area contributed by atoms with E-state index in [0.29, 0.717) is 5.75 Å². The number of rotatable bonds is 11. The van der Waals surface area contributed by atoms with E-state index >= 15 is 0 Å². The zero-order chi connectivity index (χ0) is 27.9. The summed E-state index contributed by atoms with van der Waals surface area (Å²) in [7, 11) is -0.177. The molecule has 0 aromatic heterocycles. The first-order chi connectivity index (χ1) is 18.1. The van der Waals surface area contributed by atoms with Crippen molar-refractivity contribution in [1.82, 2.24) is 0 Å². The second-order valence-corrected chi connectivity index (χ2v) is 9.99. The highest BCUT2D eigenvalue weighted by atomic mass is 35.5. The zero-order valence-corrected chi connectivity index (χ0v) is 22.8. The normalized spacial score (nSPS) is 10.9. The first-order valence-corrected chi connectivity index (χ1v) is 13.1. The third-order valence-corrected chi connectivity index (χ3v) is 7.29. The van der Waals surface area contributed by atoms with Crippen molar-refractivity contribution in [2.24, 2.45) is 0 Å². The van der Waals surface area contributed by atoms with Gasteiger partial charge in [0.05, 0.1) is 44.1 Å². The molecule has 10 nitrogen and oxygen atoms in total. The lowest BCUT2D eigenvalue weighted by Crippen LogP contribution is -2.38. The standard InChI is InChI=1S/C26H27ClN2O8S/c1-5-37-26(31)17-7-6-8-19(13-17)28-25(30)16-29(21-14-18(27)9-11-22(21)34-2)38(32,33)20-10-12-23(35-3)24(15-20)36-4/h6-15H,5,16H2,1-4H3,(H,28,30). The summed E-state index contributed by atoms with van der Waals surface area (Å²) in [6, 6.07) is 14.6. The van der Waals surface area contributed by atoms with Gasteiger partial charge >= 0.3 is 5.97 Å². The maximum Gasteiger partial charge on any atom is 0.338 e. The summed E-state index contributed by atoms with van der Waals surface area (Å²) in [5.41, 5.74) is 0.559. The van der Waals surface area contributed by atoms with E-state index in [1.54, 1.807) is 19.1 Å². The Hall–Kier alpha value is -3.96. The van der Waals surface area contributed by atoms with Gasteiger partial charge in [0, 0.05) is 16.8 Å². The molecule has 12 heteroatoms. The van der Waals surface area contributed by atoms with Gasteiger partial charge in [-0.3, -0.25) is 9.10 Å². The Balaban J connectivity index is 2.02. The molecule has 0 atom stereocenters. The van der Waals surface area contributed by atoms with E-state index in [-0.39, 0.29) is 45.0 Å². The fourth-order valence-electron chi connectivity index (χ4n) is 3.53. The number of anilines is 2. The van der Waals surface area contributed by atoms with Crippen molar-refractivity contribution in [1.29, 1.82) is 0 Å². The predicted molar refractivity (Wildman–Crippen MR) is 143 cm³/mol. The van der Waals surface area contributed by atoms with Crippen molar-refractivity contribution in [2.45, 2.75) is 11.8 Å². The average molecular weight is 563 g/mol. The molecule has 0 bridgehead atoms. The van der Waals surface area contributed by atoms with Crippen LogP contribution in [0.1, 0.15) is 17.3 Å². The van der Waals surface area contributed by atoms with Gasteiger partial charge in [0.25, 0.3) is 10.0 Å². The Bertz CT molecular complexity index is 1430. The smallest absolute Gasteiger partial charge is 0.338 e. The van der Waals surface area contributed by atoms with Gasteiger partial charge in [-0.15, -0.1) is 0 Å². The number of esters is 1. The molecule has 3 aromatic carbocycles. The highest BCUT2D eigenvalue weighted by molar-refractivity contribution is 7.92. The Morgan fingerprint density at radius 2 is 1.58 bits per heavy atom. The molecular formula is C26H27ClN2O8S. The monoisotopic (exact) mass is 562 g/mol. The lowest BCUT2D eigenvalue weighted by atomic mass is 10.2. The lowest BCUT2D eigenvalue weighted by Gasteiger charge is -2.26. The van der Waals surface area contributed by atoms with E-state index < -0.39 is 28.4 Å². The first kappa shape index (κ1) is 28.6. The second-order valence-electron chi connectivity index (χ2n) is 7.69. The summed E-state index contributed by atoms with van der Waals surface area (Å²) in [6.45, 7) is 1.23. The molecule has 0 saturated heterocycles. The molecule has 1 N–H and O–H groups in total. The van der Waals surface area contributed by atoms with Gasteiger partial charge in [0.15, 0.2) is 11.5 Å². The number of ether oxygens (including phenoxy) is 4. The molecule has 202 valence electrons. The Labute approximate surface area is 226 Å². The van der Waals surface area contributed by atoms with Crippen LogP contribution in [0.5, 0.6) is 17.2 Å². The third kappa shape index (κ3) is 6.48. The van der Waals surface area contributed by atoms with Crippen LogP contribution in [0.2, 0.25) is 5.02 Å². The van der Waals surface area contributed by atoms with E-state index in [1.807, 2.05) is 0 Å². The van der Waals surface area contributed by atoms with Crippen LogP contribution < -0.4 is 23.8 Å². The number of methoxy groups -OCH3 is 3. The Kier molecular flexibility index (Phi) is 9.43. The number of hydrogen-bond donors (Lipinski definition) is 1. The fourth-order valence-corrected chi connectivity index (χ4v) is 5.14. The van der Waals surface area contributed by atoms with E-state index in [2.05, 4.69) is 5.32 Å². The summed E-state index contributed by atoms with van der Waals surface area (Å²) in [6.07, 6.45) is 0. The van der Waals surface area contributed by atoms with Crippen molar-refractivity contribution in [3.05, 3.63) is 71.2 Å². The van der Waals surface area contributed by atoms with Gasteiger partial charge in [-0.2, -0.15) is 0 Å². The minimum absolute atomic E-state index is 0.0465. The fraction of sp³-hybridized carbons (Fsp3) is 0.231. The molecule has 0 heterocycles. The Morgan fingerprint density at radius 3 is 2.24 bits per heavy atom. The quantitative estimate of drug-likeness (QED) is 0.342. The molecule has 0 saturated carbocycles. The number of hydrogen-bond acceptors (Lipinski definition) is 8. The van der Waals surface area contributed by atoms with Crippen LogP contribution in [0.3, 0.4) is 0 Å². The summed E-state index contributed by atoms with van der Waals surface area (Å²) < 4.78 is 49.4. The van der Waals surface area contributed by atoms with Gasteiger partial charge in [0.2, 0.25) is 5.91 Å². The SMILES string of the molecule is CCOC(=O)c1cccc(NC(=O)CN(c2cc(Cl)ccc2OC)S(=O)(=O)c2ccc(OC)c(OC)c2)c1. The number of halogens is 1. The predicted octanol–water partition coefficient (Wildman–Crippen LogP) is 4.38. The van der Waals surface area contributed by atoms with E-state index in [1.165, 1.54) is 69.9 Å². The molecular weight excluding hydrogens is 536 g/mol. The van der Waals surface area contributed by atoms with Crippen LogP contribution in [-0.4, -0.2) is 54.8 Å². The number of nitrogens with zero attached hydrogens (tertiary/aromatic N) is 1. The van der Waals surface area contributed by atoms with Crippen LogP contribution in [0.4, 0.5) is 11.4 Å². The molecule has 3 rings (SSSR count). The summed E-state index contributed by atoms with van der Waals surface area (Å²) in [5, 5.41) is 2.86. The molecule has 0 unspecified atom stereocenters. The third-order valence-electron chi connectivity index (χ3n) is 5.30. The topological polar surface area (TPSA) is 120 Å². The van der Waals surface area contributed by atoms with E-state index in [0.717, 1.165) is 4.31 Å². The average Bonchev–Trinajstić information content (AvgIpc) is 2.91. The Morgan fingerprint density at radius 1 is 0.895 bits per heavy atom. The van der Waals surface area contributed by atoms with Crippen molar-refractivity contribution in [2.75, 3.05) is 44.1 Å². The van der Waals surface area contributed by atoms with Gasteiger partial charge in [-0.05, 0) is 55.5 Å². The highest BCUT2D eigenvalue weighted by Crippen LogP contribution is 2.37. The van der Waals surface area contributed by atoms with Crippen LogP contribution in [0.25, 0.3) is 0 Å². The molecule has 0 radical (unpaired) electrons. The van der Waals surface area contributed by atoms with Crippen molar-refractivity contribution < 1.29 is 37.0 Å². The van der Waals surface area contributed by atoms with Crippen LogP contribution in [0.15, 0.2) is 65.6 Å². The van der Waals surface area contributed by atoms with Crippen molar-refractivity contribution in [3.8, 4) is 17.2 Å². The van der Waals surface area contributed by atoms with E-state index in [4.69, 9.17) is 30.5 Å². The number of benzene rings is 3. The van der Waals surface area contributed by atoms with Crippen molar-refractivity contribution >= 4 is 44.9 Å². The minimum atomic E-state index is -4.35. The molecule has 0 aliphatic heterocycles. The molecule has 0 aliphatic rings. The molecule has 0 fully saturated rings. The molecule has 38 heavy (non-hydrogen) atoms. The number of carbonyl (C=O) groups excluding carboxylic acids is 2. The van der Waals surface area contributed by atoms with Gasteiger partial charge < -0.3 is 24.3 Å². The molecule has 1 amide bonds. The van der Waals surface area contributed by atoms with Gasteiger partial charge in [-0.1, -0.05) is 17.7 Å². The summed E-state index contributed by atoms with van der Waals surface area (Å²) in [5.74, 6) is -0.540. The molecule has 0 spiro atoms. The van der Waals surface area contributed by atoms with Crippen molar-refractivity contribution in [3.63, 3.8) is 0 Å². The lowest BCUT2D eigenvalue weighted by molar-refractivity contribution is -0.114. The number of amides is 1. The van der Waals surface area contributed by atoms with E-state index in [9.17, 15) is 18.0 Å². The summed E-state index contributed by atoms with van der Waals surface area (Å²) >= 11 is 6.18. The van der Waals surface area contributed by atoms with Crippen LogP contribution in [-0.2, 0) is 19.6 Å². The molecule has 0 aliphatic carbocycles. The molecule has 3 aromatic rings.